The van der Waals surface area contributed by atoms with Crippen LogP contribution in [0.1, 0.15) is 30.2 Å². The Bertz CT molecular complexity index is 709. The molecular weight excluding hydrogens is 306 g/mol. The number of nitriles is 1. The van der Waals surface area contributed by atoms with Gasteiger partial charge in [0.2, 0.25) is 0 Å². The van der Waals surface area contributed by atoms with Crippen LogP contribution in [0.3, 0.4) is 0 Å². The highest BCUT2D eigenvalue weighted by Crippen LogP contribution is 2.19. The summed E-state index contributed by atoms with van der Waals surface area (Å²) in [5.74, 6) is 2.33. The average Bonchev–Trinajstić information content (AvgIpc) is 3.11. The van der Waals surface area contributed by atoms with Crippen molar-refractivity contribution in [2.45, 2.75) is 19.4 Å². The molecule has 0 bridgehead atoms. The van der Waals surface area contributed by atoms with E-state index < -0.39 is 0 Å². The zero-order valence-electron chi connectivity index (χ0n) is 13.7. The molecule has 7 heteroatoms. The number of aromatic nitrogens is 3. The van der Waals surface area contributed by atoms with E-state index in [1.165, 1.54) is 0 Å². The van der Waals surface area contributed by atoms with Crippen molar-refractivity contribution in [3.05, 3.63) is 41.5 Å². The first-order valence-electron chi connectivity index (χ1n) is 8.16. The maximum atomic E-state index is 8.91. The first kappa shape index (κ1) is 16.4. The third-order valence-corrected chi connectivity index (χ3v) is 3.96. The molecule has 1 aliphatic rings. The Balaban J connectivity index is 1.49. The van der Waals surface area contributed by atoms with Gasteiger partial charge in [-0.1, -0.05) is 13.0 Å². The molecule has 3 rings (SSSR count). The van der Waals surface area contributed by atoms with Gasteiger partial charge in [0.15, 0.2) is 5.82 Å². The molecule has 7 nitrogen and oxygen atoms in total. The van der Waals surface area contributed by atoms with E-state index in [0.29, 0.717) is 18.8 Å². The maximum Gasteiger partial charge on any atom is 0.180 e. The fraction of sp³-hybridized carbons (Fsp3) is 0.471. The van der Waals surface area contributed by atoms with Crippen LogP contribution in [-0.4, -0.2) is 52.9 Å². The number of aromatic amines is 1. The van der Waals surface area contributed by atoms with Gasteiger partial charge in [-0.15, -0.1) is 0 Å². The van der Waals surface area contributed by atoms with Crippen molar-refractivity contribution in [3.8, 4) is 11.8 Å². The molecule has 1 N–H and O–H groups in total. The molecule has 2 heterocycles. The Hall–Kier alpha value is -2.43. The average molecular weight is 327 g/mol. The first-order chi connectivity index (χ1) is 11.8. The molecule has 1 fully saturated rings. The van der Waals surface area contributed by atoms with E-state index in [1.54, 1.807) is 12.1 Å². The van der Waals surface area contributed by atoms with Crippen molar-refractivity contribution in [2.75, 3.05) is 32.8 Å². The monoisotopic (exact) mass is 327 g/mol. The van der Waals surface area contributed by atoms with Crippen molar-refractivity contribution in [3.63, 3.8) is 0 Å². The lowest BCUT2D eigenvalue weighted by Gasteiger charge is -2.31. The molecule has 1 saturated heterocycles. The third kappa shape index (κ3) is 4.10. The molecule has 1 unspecified atom stereocenters. The minimum atomic E-state index is -0.0998. The lowest BCUT2D eigenvalue weighted by atomic mass is 10.2. The first-order valence-corrected chi connectivity index (χ1v) is 8.16. The van der Waals surface area contributed by atoms with Crippen molar-refractivity contribution in [2.24, 2.45) is 0 Å². The summed E-state index contributed by atoms with van der Waals surface area (Å²) >= 11 is 0. The summed E-state index contributed by atoms with van der Waals surface area (Å²) in [6.07, 6.45) is 0.733. The van der Waals surface area contributed by atoms with E-state index in [-0.39, 0.29) is 6.10 Å². The normalized spacial score (nSPS) is 18.2. The van der Waals surface area contributed by atoms with Gasteiger partial charge in [0.25, 0.3) is 0 Å². The van der Waals surface area contributed by atoms with Gasteiger partial charge in [-0.3, -0.25) is 10.00 Å². The van der Waals surface area contributed by atoms with Gasteiger partial charge < -0.3 is 9.47 Å². The van der Waals surface area contributed by atoms with Crippen LogP contribution in [0.15, 0.2) is 24.3 Å². The van der Waals surface area contributed by atoms with Crippen LogP contribution in [0.4, 0.5) is 0 Å². The Kier molecular flexibility index (Phi) is 5.41. The number of benzene rings is 1. The number of rotatable bonds is 6. The maximum absolute atomic E-state index is 8.91. The number of nitrogens with one attached hydrogen (secondary N) is 1. The van der Waals surface area contributed by atoms with E-state index in [9.17, 15) is 0 Å². The minimum Gasteiger partial charge on any atom is -0.492 e. The van der Waals surface area contributed by atoms with Crippen molar-refractivity contribution in [1.29, 1.82) is 5.26 Å². The fourth-order valence-electron chi connectivity index (χ4n) is 2.62. The summed E-state index contributed by atoms with van der Waals surface area (Å²) in [4.78, 5) is 6.74. The van der Waals surface area contributed by atoms with Gasteiger partial charge in [-0.25, -0.2) is 4.98 Å². The summed E-state index contributed by atoms with van der Waals surface area (Å²) < 4.78 is 11.5. The van der Waals surface area contributed by atoms with Crippen LogP contribution in [0.5, 0.6) is 5.75 Å². The summed E-state index contributed by atoms with van der Waals surface area (Å²) in [7, 11) is 0. The van der Waals surface area contributed by atoms with Gasteiger partial charge in [-0.2, -0.15) is 10.4 Å². The molecule has 2 aromatic rings. The van der Waals surface area contributed by atoms with Crippen molar-refractivity contribution >= 4 is 0 Å². The van der Waals surface area contributed by atoms with Crippen LogP contribution < -0.4 is 4.74 Å². The third-order valence-electron chi connectivity index (χ3n) is 3.96. The molecule has 0 spiro atoms. The number of hydrogen-bond acceptors (Lipinski definition) is 6. The second kappa shape index (κ2) is 7.90. The summed E-state index contributed by atoms with van der Waals surface area (Å²) in [6.45, 7) is 5.67. The zero-order valence-corrected chi connectivity index (χ0v) is 13.7. The van der Waals surface area contributed by atoms with Gasteiger partial charge in [0, 0.05) is 26.1 Å². The van der Waals surface area contributed by atoms with Crippen LogP contribution in [0.25, 0.3) is 0 Å². The molecule has 1 atom stereocenters. The molecule has 1 aromatic carbocycles. The molecule has 0 aliphatic carbocycles. The predicted molar refractivity (Wildman–Crippen MR) is 87.5 cm³/mol. The van der Waals surface area contributed by atoms with Gasteiger partial charge in [0.1, 0.15) is 24.3 Å². The molecule has 126 valence electrons. The standard InChI is InChI=1S/C17H21N5O2/c1-2-16-19-17(21-20-16)15-12-22(7-9-24-15)6-8-23-14-5-3-4-13(10-14)11-18/h3-5,10,15H,2,6-9,12H2,1H3,(H,19,20,21). The number of morpholine rings is 1. The number of ether oxygens (including phenoxy) is 2. The Morgan fingerprint density at radius 1 is 1.50 bits per heavy atom. The van der Waals surface area contributed by atoms with Crippen LogP contribution >= 0.6 is 0 Å². The second-order valence-electron chi connectivity index (χ2n) is 5.64. The minimum absolute atomic E-state index is 0.0998. The van der Waals surface area contributed by atoms with Gasteiger partial charge in [0.05, 0.1) is 18.2 Å². The number of aryl methyl sites for hydroxylation is 1. The van der Waals surface area contributed by atoms with Gasteiger partial charge >= 0.3 is 0 Å². The number of H-pyrrole nitrogens is 1. The van der Waals surface area contributed by atoms with Gasteiger partial charge in [-0.05, 0) is 18.2 Å². The highest BCUT2D eigenvalue weighted by atomic mass is 16.5. The zero-order chi connectivity index (χ0) is 16.8. The fourth-order valence-corrected chi connectivity index (χ4v) is 2.62. The molecular formula is C17H21N5O2. The van der Waals surface area contributed by atoms with E-state index in [0.717, 1.165) is 43.5 Å². The topological polar surface area (TPSA) is 87.1 Å². The number of nitrogens with zero attached hydrogens (tertiary/aromatic N) is 4. The van der Waals surface area contributed by atoms with E-state index in [1.807, 2.05) is 19.1 Å². The summed E-state index contributed by atoms with van der Waals surface area (Å²) in [5.41, 5.74) is 0.607. The number of hydrogen-bond donors (Lipinski definition) is 1. The smallest absolute Gasteiger partial charge is 0.180 e. The summed E-state index contributed by atoms with van der Waals surface area (Å²) in [5, 5.41) is 16.1. The molecule has 0 amide bonds. The van der Waals surface area contributed by atoms with E-state index in [2.05, 4.69) is 26.2 Å². The highest BCUT2D eigenvalue weighted by molar-refractivity contribution is 5.36. The largest absolute Gasteiger partial charge is 0.492 e. The quantitative estimate of drug-likeness (QED) is 0.869. The SMILES string of the molecule is CCc1nc(C2CN(CCOc3cccc(C#N)c3)CCO2)n[nH]1. The Labute approximate surface area is 141 Å². The Morgan fingerprint density at radius 2 is 2.42 bits per heavy atom. The molecule has 1 aliphatic heterocycles. The highest BCUT2D eigenvalue weighted by Gasteiger charge is 2.25. The van der Waals surface area contributed by atoms with E-state index >= 15 is 0 Å². The molecule has 1 aromatic heterocycles. The van der Waals surface area contributed by atoms with Crippen molar-refractivity contribution < 1.29 is 9.47 Å². The van der Waals surface area contributed by atoms with Crippen molar-refractivity contribution in [1.82, 2.24) is 20.1 Å². The van der Waals surface area contributed by atoms with Crippen LogP contribution in [0.2, 0.25) is 0 Å². The molecule has 24 heavy (non-hydrogen) atoms. The summed E-state index contributed by atoms with van der Waals surface area (Å²) in [6, 6.07) is 9.32. The second-order valence-corrected chi connectivity index (χ2v) is 5.64. The van der Waals surface area contributed by atoms with Crippen LogP contribution in [0, 0.1) is 11.3 Å². The lowest BCUT2D eigenvalue weighted by Crippen LogP contribution is -2.40. The Morgan fingerprint density at radius 3 is 3.21 bits per heavy atom. The van der Waals surface area contributed by atoms with Crippen LogP contribution in [-0.2, 0) is 11.2 Å². The molecule has 0 radical (unpaired) electrons. The predicted octanol–water partition coefficient (Wildman–Crippen LogP) is 1.69. The lowest BCUT2D eigenvalue weighted by molar-refractivity contribution is -0.0369. The molecule has 0 saturated carbocycles. The van der Waals surface area contributed by atoms with E-state index in [4.69, 9.17) is 14.7 Å².